The van der Waals surface area contributed by atoms with Gasteiger partial charge in [0.15, 0.2) is 0 Å². The number of alkyl carbamates (subject to hydrolysis) is 1. The van der Waals surface area contributed by atoms with Crippen LogP contribution in [0.4, 0.5) is 4.79 Å². The summed E-state index contributed by atoms with van der Waals surface area (Å²) in [6.45, 7) is 11.8. The van der Waals surface area contributed by atoms with E-state index in [1.807, 2.05) is 0 Å². The molecule has 0 fully saturated rings. The number of aromatic nitrogens is 4. The monoisotopic (exact) mass is 1030 g/mol. The number of carbonyl (C=O) groups is 6. The van der Waals surface area contributed by atoms with Crippen LogP contribution in [0.3, 0.4) is 0 Å². The molecule has 1 atom stereocenters. The predicted molar refractivity (Wildman–Crippen MR) is 278 cm³/mol. The van der Waals surface area contributed by atoms with E-state index in [1.54, 1.807) is 81.9 Å². The molecule has 0 radical (unpaired) electrons. The second kappa shape index (κ2) is 26.9. The molecule has 4 aromatic rings. The molecule has 22 heteroatoms. The fourth-order valence-corrected chi connectivity index (χ4v) is 8.05. The Morgan fingerprint density at radius 2 is 0.919 bits per heavy atom. The van der Waals surface area contributed by atoms with E-state index in [1.165, 1.54) is 71.9 Å². The third-order valence-electron chi connectivity index (χ3n) is 12.3. The highest BCUT2D eigenvalue weighted by molar-refractivity contribution is 5.99. The molecule has 1 unspecified atom stereocenters. The van der Waals surface area contributed by atoms with Gasteiger partial charge in [-0.25, -0.2) is 4.79 Å². The second-order valence-corrected chi connectivity index (χ2v) is 19.1. The summed E-state index contributed by atoms with van der Waals surface area (Å²) in [4.78, 5) is 136. The number of rotatable bonds is 24. The van der Waals surface area contributed by atoms with Crippen molar-refractivity contribution in [2.75, 3.05) is 59.0 Å². The molecular weight excluding hydrogens is 957 g/mol. The lowest BCUT2D eigenvalue weighted by Gasteiger charge is -2.32. The fourth-order valence-electron chi connectivity index (χ4n) is 8.05. The molecule has 4 N–H and O–H groups in total. The van der Waals surface area contributed by atoms with Crippen molar-refractivity contribution in [3.05, 3.63) is 135 Å². The summed E-state index contributed by atoms with van der Waals surface area (Å²) in [5.74, 6) is -2.66. The zero-order valence-electron chi connectivity index (χ0n) is 44.5. The molecule has 4 aromatic heterocycles. The summed E-state index contributed by atoms with van der Waals surface area (Å²) in [6, 6.07) is 4.90. The van der Waals surface area contributed by atoms with Gasteiger partial charge in [-0.2, -0.15) is 0 Å². The van der Waals surface area contributed by atoms with Crippen LogP contribution < -0.4 is 43.5 Å². The van der Waals surface area contributed by atoms with Gasteiger partial charge in [0.1, 0.15) is 11.6 Å². The van der Waals surface area contributed by atoms with Crippen molar-refractivity contribution in [2.45, 2.75) is 85.8 Å². The quantitative estimate of drug-likeness (QED) is 0.0732. The first-order valence-corrected chi connectivity index (χ1v) is 24.5. The highest BCUT2D eigenvalue weighted by Crippen LogP contribution is 2.18. The Morgan fingerprint density at radius 3 is 1.38 bits per heavy atom. The maximum absolute atomic E-state index is 14.8. The van der Waals surface area contributed by atoms with Crippen LogP contribution in [0.5, 0.6) is 0 Å². The Labute approximate surface area is 430 Å². The van der Waals surface area contributed by atoms with Crippen molar-refractivity contribution in [1.29, 1.82) is 0 Å². The largest absolute Gasteiger partial charge is 0.444 e. The zero-order chi connectivity index (χ0) is 55.0. The van der Waals surface area contributed by atoms with Crippen LogP contribution in [0.1, 0.15) is 110 Å². The molecule has 0 aromatic carbocycles. The Kier molecular flexibility index (Phi) is 21.4. The molecule has 4 rings (SSSR count). The highest BCUT2D eigenvalue weighted by atomic mass is 16.6. The van der Waals surface area contributed by atoms with Crippen molar-refractivity contribution in [3.63, 3.8) is 0 Å². The number of hydrogen-bond acceptors (Lipinski definition) is 12. The minimum absolute atomic E-state index is 0.00366. The van der Waals surface area contributed by atoms with Gasteiger partial charge in [-0.05, 0) is 98.4 Å². The van der Waals surface area contributed by atoms with Gasteiger partial charge in [0, 0.05) is 143 Å². The summed E-state index contributed by atoms with van der Waals surface area (Å²) < 4.78 is 16.3. The van der Waals surface area contributed by atoms with Crippen LogP contribution in [-0.4, -0.2) is 134 Å². The Bertz CT molecular complexity index is 2950. The van der Waals surface area contributed by atoms with Crippen molar-refractivity contribution < 1.29 is 38.2 Å². The van der Waals surface area contributed by atoms with E-state index in [0.29, 0.717) is 0 Å². The van der Waals surface area contributed by atoms with E-state index >= 15 is 0 Å². The van der Waals surface area contributed by atoms with E-state index in [0.717, 1.165) is 0 Å². The average Bonchev–Trinajstić information content (AvgIpc) is 3.34. The number of amides is 6. The van der Waals surface area contributed by atoms with Crippen molar-refractivity contribution in [3.8, 4) is 0 Å². The number of nitrogens with zero attached hydrogens (tertiary/aromatic N) is 6. The minimum Gasteiger partial charge on any atom is -0.444 e. The van der Waals surface area contributed by atoms with E-state index in [9.17, 15) is 47.9 Å². The molecule has 74 heavy (non-hydrogen) atoms. The average molecular weight is 1030 g/mol. The zero-order valence-corrected chi connectivity index (χ0v) is 44.5. The number of carbonyl (C=O) groups excluding carboxylic acids is 6. The van der Waals surface area contributed by atoms with Gasteiger partial charge < -0.3 is 58.8 Å². The molecule has 0 bridgehead atoms. The Hall–Kier alpha value is -7.62. The van der Waals surface area contributed by atoms with Crippen LogP contribution in [0, 0.1) is 27.7 Å². The molecule has 0 aliphatic rings. The topological polar surface area (TPSA) is 263 Å². The van der Waals surface area contributed by atoms with Gasteiger partial charge >= 0.3 is 6.09 Å². The summed E-state index contributed by atoms with van der Waals surface area (Å²) in [5, 5.41) is 11.1. The maximum atomic E-state index is 14.8. The van der Waals surface area contributed by atoms with E-state index in [4.69, 9.17) is 9.47 Å². The first-order chi connectivity index (χ1) is 34.9. The SMILES string of the molecule is Cc1c(C(=O)NCCCN(CCCC(C(=O)NCCOCCNC(=O)OC(C)(C)C)N(CCCNC(=O)c2ccn(C)c(=O)c2C)C(=O)c2ccn(C)c(=O)c2C)C(=O)c2ccn(C)c(=O)c2C)ccn(C)c1=O. The molecule has 0 saturated heterocycles. The lowest BCUT2D eigenvalue weighted by Crippen LogP contribution is -2.51. The normalized spacial score (nSPS) is 11.6. The standard InChI is InChI=1S/C52H72N10O12/c1-33-37(16-27-57(8)45(33)66)42(63)53-20-13-25-61(49(70)39-18-29-59(10)47(68)35(39)3)24-12-15-41(44(65)55-22-31-73-32-23-56-51(72)74-52(5,6)7)62(50(71)40-19-30-60(11)48(69)36(40)4)26-14-21-54-43(64)38-17-28-58(9)46(67)34(38)2/h16-19,27-30,41H,12-15,20-26,31-32H2,1-11H3,(H,53,63)(H,54,64)(H,55,65)(H,56,72). The predicted octanol–water partition coefficient (Wildman–Crippen LogP) is 1.75. The van der Waals surface area contributed by atoms with Crippen molar-refractivity contribution >= 4 is 35.6 Å². The number of hydrogen-bond donors (Lipinski definition) is 4. The Morgan fingerprint density at radius 1 is 0.527 bits per heavy atom. The van der Waals surface area contributed by atoms with Crippen molar-refractivity contribution in [1.82, 2.24) is 49.3 Å². The molecular formula is C52H72N10O12. The lowest BCUT2D eigenvalue weighted by molar-refractivity contribution is -0.126. The third kappa shape index (κ3) is 15.9. The van der Waals surface area contributed by atoms with Crippen LogP contribution >= 0.6 is 0 Å². The third-order valence-corrected chi connectivity index (χ3v) is 12.3. The van der Waals surface area contributed by atoms with Gasteiger partial charge in [0.2, 0.25) is 5.91 Å². The summed E-state index contributed by atoms with van der Waals surface area (Å²) in [5.41, 5.74) is -0.620. The molecule has 0 saturated carbocycles. The number of nitrogens with one attached hydrogen (secondary N) is 4. The summed E-state index contributed by atoms with van der Waals surface area (Å²) >= 11 is 0. The highest BCUT2D eigenvalue weighted by Gasteiger charge is 2.32. The van der Waals surface area contributed by atoms with Gasteiger partial charge in [-0.1, -0.05) is 0 Å². The number of ether oxygens (including phenoxy) is 2. The van der Waals surface area contributed by atoms with Crippen molar-refractivity contribution in [2.24, 2.45) is 28.2 Å². The smallest absolute Gasteiger partial charge is 0.407 e. The number of pyridine rings is 4. The molecule has 0 aliphatic carbocycles. The maximum Gasteiger partial charge on any atom is 0.407 e. The first-order valence-electron chi connectivity index (χ1n) is 24.5. The van der Waals surface area contributed by atoms with Gasteiger partial charge in [-0.3, -0.25) is 43.2 Å². The van der Waals surface area contributed by atoms with E-state index in [-0.39, 0.29) is 146 Å². The molecule has 0 spiro atoms. The summed E-state index contributed by atoms with van der Waals surface area (Å²) in [6.07, 6.45) is 5.83. The molecule has 22 nitrogen and oxygen atoms in total. The van der Waals surface area contributed by atoms with Gasteiger partial charge in [0.25, 0.3) is 45.9 Å². The molecule has 402 valence electrons. The van der Waals surface area contributed by atoms with Crippen LogP contribution in [-0.2, 0) is 42.5 Å². The minimum atomic E-state index is -1.21. The van der Waals surface area contributed by atoms with Gasteiger partial charge in [0.05, 0.1) is 13.2 Å². The van der Waals surface area contributed by atoms with Crippen LogP contribution in [0.2, 0.25) is 0 Å². The Balaban J connectivity index is 1.62. The summed E-state index contributed by atoms with van der Waals surface area (Å²) in [7, 11) is 6.27. The molecule has 6 amide bonds. The molecule has 0 aliphatic heterocycles. The lowest BCUT2D eigenvalue weighted by atomic mass is 10.0. The molecule has 4 heterocycles. The fraction of sp³-hybridized carbons (Fsp3) is 0.500. The van der Waals surface area contributed by atoms with Crippen LogP contribution in [0.15, 0.2) is 68.2 Å². The first kappa shape index (κ1) is 58.9. The number of aryl methyl sites for hydroxylation is 4. The second-order valence-electron chi connectivity index (χ2n) is 19.1. The van der Waals surface area contributed by atoms with E-state index in [2.05, 4.69) is 21.3 Å². The van der Waals surface area contributed by atoms with Crippen LogP contribution in [0.25, 0.3) is 0 Å². The van der Waals surface area contributed by atoms with Gasteiger partial charge in [-0.15, -0.1) is 0 Å². The van der Waals surface area contributed by atoms with E-state index < -0.39 is 52.8 Å².